The highest BCUT2D eigenvalue weighted by Gasteiger charge is 2.16. The summed E-state index contributed by atoms with van der Waals surface area (Å²) in [4.78, 5) is 36.1. The molecule has 3 rings (SSSR count). The van der Waals surface area contributed by atoms with Gasteiger partial charge in [-0.1, -0.05) is 24.9 Å². The summed E-state index contributed by atoms with van der Waals surface area (Å²) in [7, 11) is 1.78. The SMILES string of the molecule is CCCCn1c(=O)[nH]c(=O)c2c1nc(CSc1ccncc1Cl)n2C. The lowest BCUT2D eigenvalue weighted by molar-refractivity contribution is 0.613. The lowest BCUT2D eigenvalue weighted by Gasteiger charge is -2.04. The molecular weight excluding hydrogens is 362 g/mol. The second-order valence-corrected chi connectivity index (χ2v) is 7.04. The summed E-state index contributed by atoms with van der Waals surface area (Å²) in [6.45, 7) is 2.58. The lowest BCUT2D eigenvalue weighted by Crippen LogP contribution is -2.31. The van der Waals surface area contributed by atoms with Crippen LogP contribution in [-0.4, -0.2) is 24.1 Å². The van der Waals surface area contributed by atoms with Crippen molar-refractivity contribution in [1.82, 2.24) is 24.1 Å². The summed E-state index contributed by atoms with van der Waals surface area (Å²) in [5.41, 5.74) is 0.00891. The van der Waals surface area contributed by atoms with E-state index in [-0.39, 0.29) is 0 Å². The van der Waals surface area contributed by atoms with Crippen LogP contribution in [0.3, 0.4) is 0 Å². The van der Waals surface area contributed by atoms with Gasteiger partial charge in [0.2, 0.25) is 0 Å². The molecule has 0 spiro atoms. The van der Waals surface area contributed by atoms with Gasteiger partial charge in [-0.3, -0.25) is 19.3 Å². The van der Waals surface area contributed by atoms with E-state index in [2.05, 4.69) is 15.0 Å². The Balaban J connectivity index is 2.01. The molecule has 0 aliphatic carbocycles. The van der Waals surface area contributed by atoms with Crippen LogP contribution in [0.2, 0.25) is 5.02 Å². The van der Waals surface area contributed by atoms with Crippen LogP contribution in [0.5, 0.6) is 0 Å². The predicted octanol–water partition coefficient (Wildman–Crippen LogP) is 2.56. The largest absolute Gasteiger partial charge is 0.330 e. The zero-order valence-electron chi connectivity index (χ0n) is 14.0. The first-order valence-electron chi connectivity index (χ1n) is 7.93. The van der Waals surface area contributed by atoms with Crippen LogP contribution in [0.25, 0.3) is 11.2 Å². The average Bonchev–Trinajstić information content (AvgIpc) is 2.91. The van der Waals surface area contributed by atoms with Crippen molar-refractivity contribution in [2.75, 3.05) is 0 Å². The maximum absolute atomic E-state index is 12.2. The number of unbranched alkanes of at least 4 members (excludes halogenated alkanes) is 1. The number of nitrogens with one attached hydrogen (secondary N) is 1. The molecule has 3 heterocycles. The summed E-state index contributed by atoms with van der Waals surface area (Å²) < 4.78 is 3.27. The number of pyridine rings is 1. The fourth-order valence-corrected chi connectivity index (χ4v) is 3.74. The van der Waals surface area contributed by atoms with E-state index >= 15 is 0 Å². The number of halogens is 1. The van der Waals surface area contributed by atoms with Gasteiger partial charge in [0.1, 0.15) is 5.82 Å². The highest BCUT2D eigenvalue weighted by atomic mass is 35.5. The molecule has 0 amide bonds. The van der Waals surface area contributed by atoms with Gasteiger partial charge in [0.15, 0.2) is 11.2 Å². The smallest absolute Gasteiger partial charge is 0.325 e. The second kappa shape index (κ2) is 7.45. The van der Waals surface area contributed by atoms with Crippen LogP contribution in [0, 0.1) is 0 Å². The van der Waals surface area contributed by atoms with E-state index in [9.17, 15) is 9.59 Å². The molecule has 0 bridgehead atoms. The Bertz CT molecular complexity index is 1020. The molecule has 0 saturated heterocycles. The van der Waals surface area contributed by atoms with E-state index in [1.165, 1.54) is 16.3 Å². The van der Waals surface area contributed by atoms with Crippen LogP contribution in [-0.2, 0) is 19.3 Å². The lowest BCUT2D eigenvalue weighted by atomic mass is 10.3. The topological polar surface area (TPSA) is 85.6 Å². The number of hydrogen-bond acceptors (Lipinski definition) is 5. The van der Waals surface area contributed by atoms with Crippen LogP contribution < -0.4 is 11.2 Å². The number of imidazole rings is 1. The maximum Gasteiger partial charge on any atom is 0.330 e. The molecule has 0 aromatic carbocycles. The molecule has 9 heteroatoms. The van der Waals surface area contributed by atoms with Gasteiger partial charge in [0.25, 0.3) is 5.56 Å². The van der Waals surface area contributed by atoms with Gasteiger partial charge in [0.05, 0.1) is 10.8 Å². The quantitative estimate of drug-likeness (QED) is 0.665. The molecule has 1 N–H and O–H groups in total. The Morgan fingerprint density at radius 1 is 1.36 bits per heavy atom. The highest BCUT2D eigenvalue weighted by Crippen LogP contribution is 2.28. The molecule has 0 aliphatic heterocycles. The maximum atomic E-state index is 12.2. The van der Waals surface area contributed by atoms with Gasteiger partial charge >= 0.3 is 5.69 Å². The van der Waals surface area contributed by atoms with Gasteiger partial charge in [-0.15, -0.1) is 11.8 Å². The summed E-state index contributed by atoms with van der Waals surface area (Å²) >= 11 is 7.63. The third kappa shape index (κ3) is 3.50. The number of nitrogens with zero attached hydrogens (tertiary/aromatic N) is 4. The minimum absolute atomic E-state index is 0.409. The molecule has 0 aliphatic rings. The van der Waals surface area contributed by atoms with Gasteiger partial charge in [-0.2, -0.15) is 0 Å². The minimum Gasteiger partial charge on any atom is -0.325 e. The molecule has 7 nitrogen and oxygen atoms in total. The molecule has 0 atom stereocenters. The summed E-state index contributed by atoms with van der Waals surface area (Å²) in [6, 6.07) is 1.83. The standard InChI is InChI=1S/C16H18ClN5O2S/c1-3-4-7-22-14-13(15(23)20-16(22)24)21(2)12(19-14)9-25-11-5-6-18-8-10(11)17/h5-6,8H,3-4,7,9H2,1-2H3,(H,20,23,24). The summed E-state index contributed by atoms with van der Waals surface area (Å²) in [5, 5.41) is 0.573. The Labute approximate surface area is 153 Å². The molecule has 132 valence electrons. The number of aromatic nitrogens is 5. The fraction of sp³-hybridized carbons (Fsp3) is 0.375. The number of H-pyrrole nitrogens is 1. The number of fused-ring (bicyclic) bond motifs is 1. The molecule has 3 aromatic heterocycles. The zero-order valence-corrected chi connectivity index (χ0v) is 15.5. The Morgan fingerprint density at radius 3 is 2.88 bits per heavy atom. The van der Waals surface area contributed by atoms with E-state index in [0.717, 1.165) is 17.7 Å². The number of thioether (sulfide) groups is 1. The Kier molecular flexibility index (Phi) is 5.29. The molecule has 0 fully saturated rings. The number of hydrogen-bond donors (Lipinski definition) is 1. The van der Waals surface area contributed by atoms with Gasteiger partial charge in [-0.05, 0) is 12.5 Å². The number of aromatic amines is 1. The number of rotatable bonds is 6. The van der Waals surface area contributed by atoms with E-state index in [1.54, 1.807) is 24.0 Å². The van der Waals surface area contributed by atoms with E-state index in [4.69, 9.17) is 11.6 Å². The molecule has 3 aromatic rings. The first-order chi connectivity index (χ1) is 12.0. The predicted molar refractivity (Wildman–Crippen MR) is 99.3 cm³/mol. The van der Waals surface area contributed by atoms with Crippen molar-refractivity contribution in [3.05, 3.63) is 50.1 Å². The Hall–Kier alpha value is -2.06. The normalized spacial score (nSPS) is 11.3. The van der Waals surface area contributed by atoms with E-state index in [0.29, 0.717) is 34.3 Å². The third-order valence-electron chi connectivity index (χ3n) is 3.93. The van der Waals surface area contributed by atoms with Gasteiger partial charge in [0, 0.05) is 30.9 Å². The van der Waals surface area contributed by atoms with Crippen molar-refractivity contribution in [2.45, 2.75) is 37.0 Å². The second-order valence-electron chi connectivity index (χ2n) is 5.62. The van der Waals surface area contributed by atoms with Gasteiger partial charge < -0.3 is 4.57 Å². The molecular formula is C16H18ClN5O2S. The first kappa shape index (κ1) is 17.8. The minimum atomic E-state index is -0.416. The third-order valence-corrected chi connectivity index (χ3v) is 5.42. The monoisotopic (exact) mass is 379 g/mol. The first-order valence-corrected chi connectivity index (χ1v) is 9.30. The highest BCUT2D eigenvalue weighted by molar-refractivity contribution is 7.98. The Morgan fingerprint density at radius 2 is 2.16 bits per heavy atom. The van der Waals surface area contributed by atoms with Crippen LogP contribution >= 0.6 is 23.4 Å². The molecule has 0 radical (unpaired) electrons. The molecule has 25 heavy (non-hydrogen) atoms. The zero-order chi connectivity index (χ0) is 18.0. The van der Waals surface area contributed by atoms with Crippen molar-refractivity contribution in [1.29, 1.82) is 0 Å². The van der Waals surface area contributed by atoms with Crippen LogP contribution in [0.4, 0.5) is 0 Å². The van der Waals surface area contributed by atoms with Crippen molar-refractivity contribution in [2.24, 2.45) is 7.05 Å². The average molecular weight is 380 g/mol. The van der Waals surface area contributed by atoms with Crippen LogP contribution in [0.15, 0.2) is 32.9 Å². The summed E-state index contributed by atoms with van der Waals surface area (Å²) in [6.07, 6.45) is 5.06. The van der Waals surface area contributed by atoms with Crippen molar-refractivity contribution in [3.8, 4) is 0 Å². The fourth-order valence-electron chi connectivity index (χ4n) is 2.57. The van der Waals surface area contributed by atoms with E-state index in [1.807, 2.05) is 13.0 Å². The van der Waals surface area contributed by atoms with Crippen molar-refractivity contribution in [3.63, 3.8) is 0 Å². The van der Waals surface area contributed by atoms with E-state index < -0.39 is 11.2 Å². The molecule has 0 unspecified atom stereocenters. The van der Waals surface area contributed by atoms with Crippen LogP contribution in [0.1, 0.15) is 25.6 Å². The van der Waals surface area contributed by atoms with Gasteiger partial charge in [-0.25, -0.2) is 9.78 Å². The summed E-state index contributed by atoms with van der Waals surface area (Å²) in [5.74, 6) is 1.23. The van der Waals surface area contributed by atoms with Crippen molar-refractivity contribution >= 4 is 34.5 Å². The number of aryl methyl sites for hydroxylation is 2. The van der Waals surface area contributed by atoms with Crippen molar-refractivity contribution < 1.29 is 0 Å². The molecule has 0 saturated carbocycles.